The maximum absolute atomic E-state index is 12.3. The summed E-state index contributed by atoms with van der Waals surface area (Å²) in [5.41, 5.74) is 9.59. The third-order valence-electron chi connectivity index (χ3n) is 3.21. The first-order chi connectivity index (χ1) is 12.2. The van der Waals surface area contributed by atoms with Crippen molar-refractivity contribution in [3.63, 3.8) is 0 Å². The topological polar surface area (TPSA) is 109 Å². The van der Waals surface area contributed by atoms with Crippen LogP contribution in [0.15, 0.2) is 29.4 Å². The smallest absolute Gasteiger partial charge is 0.291 e. The van der Waals surface area contributed by atoms with Gasteiger partial charge in [-0.25, -0.2) is 10.4 Å². The Labute approximate surface area is 164 Å². The minimum absolute atomic E-state index is 0.0253. The summed E-state index contributed by atoms with van der Waals surface area (Å²) in [6.07, 6.45) is 0. The second-order valence-electron chi connectivity index (χ2n) is 5.19. The third kappa shape index (κ3) is 4.63. The zero-order chi connectivity index (χ0) is 19.4. The number of aromatic nitrogens is 1. The Kier molecular flexibility index (Phi) is 6.42. The lowest BCUT2D eigenvalue weighted by Crippen LogP contribution is -2.21. The molecule has 1 aromatic carbocycles. The molecule has 0 bridgehead atoms. The van der Waals surface area contributed by atoms with Gasteiger partial charge in [-0.05, 0) is 24.6 Å². The van der Waals surface area contributed by atoms with Crippen molar-refractivity contribution in [1.82, 2.24) is 10.4 Å². The molecule has 0 aliphatic rings. The fourth-order valence-corrected chi connectivity index (χ4v) is 2.55. The number of hydrogen-bond acceptors (Lipinski definition) is 5. The minimum Gasteiger partial charge on any atom is -0.396 e. The number of nitrogens with one attached hydrogen (secondary N) is 2. The number of carbonyl (C=O) groups is 2. The molecule has 0 aliphatic heterocycles. The number of amides is 2. The van der Waals surface area contributed by atoms with Gasteiger partial charge in [0.2, 0.25) is 5.91 Å². The maximum Gasteiger partial charge on any atom is 0.291 e. The zero-order valence-corrected chi connectivity index (χ0v) is 16.0. The minimum atomic E-state index is -0.697. The summed E-state index contributed by atoms with van der Waals surface area (Å²) in [7, 11) is 0. The molecule has 26 heavy (non-hydrogen) atoms. The molecule has 0 saturated heterocycles. The van der Waals surface area contributed by atoms with Crippen LogP contribution in [0, 0.1) is 0 Å². The number of anilines is 2. The van der Waals surface area contributed by atoms with Crippen LogP contribution in [0.3, 0.4) is 0 Å². The van der Waals surface area contributed by atoms with Gasteiger partial charge in [-0.2, -0.15) is 5.10 Å². The first-order valence-electron chi connectivity index (χ1n) is 7.23. The molecular weight excluding hydrogens is 401 g/mol. The normalized spacial score (nSPS) is 11.2. The predicted molar refractivity (Wildman–Crippen MR) is 104 cm³/mol. The number of benzene rings is 1. The van der Waals surface area contributed by atoms with Crippen LogP contribution in [0.1, 0.15) is 29.9 Å². The van der Waals surface area contributed by atoms with E-state index < -0.39 is 5.91 Å². The summed E-state index contributed by atoms with van der Waals surface area (Å²) in [5.74, 6) is -0.888. The van der Waals surface area contributed by atoms with Crippen LogP contribution in [0.5, 0.6) is 0 Å². The van der Waals surface area contributed by atoms with Crippen molar-refractivity contribution in [3.05, 3.63) is 50.7 Å². The highest BCUT2D eigenvalue weighted by Crippen LogP contribution is 2.34. The Morgan fingerprint density at radius 3 is 2.50 bits per heavy atom. The Bertz CT molecular complexity index is 915. The SMILES string of the molecule is CC(=O)Nc1cccc(C(C)=NNC(=O)c2nc(Cl)c(Cl)c(N)c2Cl)c1. The van der Waals surface area contributed by atoms with E-state index in [1.165, 1.54) is 6.92 Å². The van der Waals surface area contributed by atoms with Gasteiger partial charge in [-0.3, -0.25) is 9.59 Å². The number of carbonyl (C=O) groups excluding carboxylic acids is 2. The Hall–Kier alpha value is -2.35. The van der Waals surface area contributed by atoms with Crippen LogP contribution in [-0.2, 0) is 4.79 Å². The van der Waals surface area contributed by atoms with E-state index in [9.17, 15) is 9.59 Å². The van der Waals surface area contributed by atoms with Crippen LogP contribution in [0.4, 0.5) is 11.4 Å². The molecule has 2 rings (SSSR count). The number of pyridine rings is 1. The number of nitrogens with two attached hydrogens (primary N) is 1. The first-order valence-corrected chi connectivity index (χ1v) is 8.36. The molecule has 4 N–H and O–H groups in total. The molecule has 1 aromatic heterocycles. The van der Waals surface area contributed by atoms with Crippen molar-refractivity contribution in [1.29, 1.82) is 0 Å². The molecule has 1 heterocycles. The molecule has 10 heteroatoms. The number of nitrogens with zero attached hydrogens (tertiary/aromatic N) is 2. The summed E-state index contributed by atoms with van der Waals surface area (Å²) in [6.45, 7) is 3.10. The van der Waals surface area contributed by atoms with Gasteiger partial charge in [-0.15, -0.1) is 0 Å². The molecule has 0 radical (unpaired) electrons. The van der Waals surface area contributed by atoms with Gasteiger partial charge in [0.1, 0.15) is 5.02 Å². The van der Waals surface area contributed by atoms with Crippen LogP contribution >= 0.6 is 34.8 Å². The molecule has 0 atom stereocenters. The molecule has 0 saturated carbocycles. The molecule has 136 valence electrons. The fourth-order valence-electron chi connectivity index (χ4n) is 1.96. The molecular formula is C16H14Cl3N5O2. The molecule has 7 nitrogen and oxygen atoms in total. The predicted octanol–water partition coefficient (Wildman–Crippen LogP) is 3.74. The van der Waals surface area contributed by atoms with Gasteiger partial charge >= 0.3 is 0 Å². The summed E-state index contributed by atoms with van der Waals surface area (Å²) in [5, 5.41) is 6.39. The van der Waals surface area contributed by atoms with Crippen LogP contribution in [0.2, 0.25) is 15.2 Å². The average Bonchev–Trinajstić information content (AvgIpc) is 2.60. The number of rotatable bonds is 4. The largest absolute Gasteiger partial charge is 0.396 e. The lowest BCUT2D eigenvalue weighted by Gasteiger charge is -2.09. The van der Waals surface area contributed by atoms with Crippen LogP contribution < -0.4 is 16.5 Å². The fraction of sp³-hybridized carbons (Fsp3) is 0.125. The highest BCUT2D eigenvalue weighted by molar-refractivity contribution is 6.46. The van der Waals surface area contributed by atoms with Crippen molar-refractivity contribution in [2.24, 2.45) is 5.10 Å². The zero-order valence-electron chi connectivity index (χ0n) is 13.7. The molecule has 2 amide bonds. The van der Waals surface area contributed by atoms with E-state index in [4.69, 9.17) is 40.5 Å². The van der Waals surface area contributed by atoms with E-state index in [1.807, 2.05) is 0 Å². The van der Waals surface area contributed by atoms with Crippen molar-refractivity contribution >= 4 is 63.7 Å². The van der Waals surface area contributed by atoms with Gasteiger partial charge in [0.05, 0.1) is 16.4 Å². The van der Waals surface area contributed by atoms with Crippen LogP contribution in [0.25, 0.3) is 0 Å². The van der Waals surface area contributed by atoms with Gasteiger partial charge in [0.25, 0.3) is 5.91 Å². The monoisotopic (exact) mass is 413 g/mol. The number of hydrazone groups is 1. The summed E-state index contributed by atoms with van der Waals surface area (Å²) < 4.78 is 0. The molecule has 0 aliphatic carbocycles. The molecule has 0 spiro atoms. The second-order valence-corrected chi connectivity index (χ2v) is 6.31. The lowest BCUT2D eigenvalue weighted by molar-refractivity contribution is -0.114. The van der Waals surface area contributed by atoms with Gasteiger partial charge in [0.15, 0.2) is 10.8 Å². The molecule has 0 unspecified atom stereocenters. The highest BCUT2D eigenvalue weighted by Gasteiger charge is 2.19. The van der Waals surface area contributed by atoms with E-state index in [-0.39, 0.29) is 32.5 Å². The van der Waals surface area contributed by atoms with E-state index in [1.54, 1.807) is 31.2 Å². The average molecular weight is 415 g/mol. The quantitative estimate of drug-likeness (QED) is 0.402. The summed E-state index contributed by atoms with van der Waals surface area (Å²) in [4.78, 5) is 27.2. The lowest BCUT2D eigenvalue weighted by atomic mass is 10.1. The number of hydrogen-bond donors (Lipinski definition) is 3. The van der Waals surface area contributed by atoms with E-state index >= 15 is 0 Å². The van der Waals surface area contributed by atoms with Crippen molar-refractivity contribution < 1.29 is 9.59 Å². The Morgan fingerprint density at radius 1 is 1.15 bits per heavy atom. The van der Waals surface area contributed by atoms with Crippen LogP contribution in [-0.4, -0.2) is 22.5 Å². The Morgan fingerprint density at radius 2 is 1.85 bits per heavy atom. The standard InChI is InChI=1S/C16H14Cl3N5O2/c1-7(9-4-3-5-10(6-9)21-8(2)25)23-24-16(26)14-11(17)13(20)12(18)15(19)22-14/h3-6H,1-2H3,(H2,20,22)(H,21,25)(H,24,26). The van der Waals surface area contributed by atoms with Crippen molar-refractivity contribution in [3.8, 4) is 0 Å². The molecule has 2 aromatic rings. The Balaban J connectivity index is 2.22. The summed E-state index contributed by atoms with van der Waals surface area (Å²) in [6, 6.07) is 6.98. The van der Waals surface area contributed by atoms with E-state index in [2.05, 4.69) is 20.8 Å². The van der Waals surface area contributed by atoms with Gasteiger partial charge in [-0.1, -0.05) is 46.9 Å². The number of nitrogen functional groups attached to an aromatic ring is 1. The highest BCUT2D eigenvalue weighted by atomic mass is 35.5. The van der Waals surface area contributed by atoms with Gasteiger partial charge < -0.3 is 11.1 Å². The first kappa shape index (κ1) is 20.0. The van der Waals surface area contributed by atoms with Crippen molar-refractivity contribution in [2.45, 2.75) is 13.8 Å². The molecule has 0 fully saturated rings. The second kappa shape index (κ2) is 8.35. The summed E-state index contributed by atoms with van der Waals surface area (Å²) >= 11 is 17.6. The van der Waals surface area contributed by atoms with Crippen molar-refractivity contribution in [2.75, 3.05) is 11.1 Å². The third-order valence-corrected chi connectivity index (χ3v) is 4.35. The van der Waals surface area contributed by atoms with E-state index in [0.717, 1.165) is 0 Å². The number of halogens is 3. The maximum atomic E-state index is 12.3. The van der Waals surface area contributed by atoms with E-state index in [0.29, 0.717) is 17.0 Å². The van der Waals surface area contributed by atoms with Gasteiger partial charge in [0, 0.05) is 12.6 Å².